The SMILES string of the molecule is COc1ccc(CCSc2n[nH]c(=O)[nH]c2=O)cc1. The zero-order valence-corrected chi connectivity index (χ0v) is 11.1. The van der Waals surface area contributed by atoms with Gasteiger partial charge in [-0.25, -0.2) is 9.89 Å². The highest BCUT2D eigenvalue weighted by Crippen LogP contribution is 2.15. The van der Waals surface area contributed by atoms with Crippen molar-refractivity contribution in [3.63, 3.8) is 0 Å². The van der Waals surface area contributed by atoms with Gasteiger partial charge in [0.2, 0.25) is 0 Å². The molecule has 0 aliphatic carbocycles. The first kappa shape index (κ1) is 13.4. The lowest BCUT2D eigenvalue weighted by molar-refractivity contribution is 0.414. The monoisotopic (exact) mass is 279 g/mol. The molecule has 100 valence electrons. The van der Waals surface area contributed by atoms with Gasteiger partial charge < -0.3 is 4.74 Å². The summed E-state index contributed by atoms with van der Waals surface area (Å²) < 4.78 is 5.08. The van der Waals surface area contributed by atoms with Crippen LogP contribution in [0.1, 0.15) is 5.56 Å². The number of ether oxygens (including phenoxy) is 1. The quantitative estimate of drug-likeness (QED) is 0.790. The number of hydrogen-bond donors (Lipinski definition) is 2. The molecular formula is C12H13N3O3S. The number of benzene rings is 1. The number of aromatic amines is 2. The van der Waals surface area contributed by atoms with Gasteiger partial charge in [-0.3, -0.25) is 9.78 Å². The predicted molar refractivity (Wildman–Crippen MR) is 72.9 cm³/mol. The summed E-state index contributed by atoms with van der Waals surface area (Å²) in [7, 11) is 1.62. The molecule has 0 aliphatic rings. The molecule has 0 amide bonds. The van der Waals surface area contributed by atoms with Crippen molar-refractivity contribution >= 4 is 11.8 Å². The summed E-state index contributed by atoms with van der Waals surface area (Å²) in [5, 5.41) is 6.18. The molecule has 0 saturated heterocycles. The van der Waals surface area contributed by atoms with Crippen LogP contribution in [-0.2, 0) is 6.42 Å². The number of hydrogen-bond acceptors (Lipinski definition) is 5. The highest BCUT2D eigenvalue weighted by Gasteiger charge is 2.03. The second-order valence-corrected chi connectivity index (χ2v) is 4.84. The second kappa shape index (κ2) is 6.24. The van der Waals surface area contributed by atoms with E-state index in [1.54, 1.807) is 7.11 Å². The normalized spacial score (nSPS) is 10.4. The molecule has 1 heterocycles. The summed E-state index contributed by atoms with van der Waals surface area (Å²) in [5.41, 5.74) is 0.0992. The van der Waals surface area contributed by atoms with Gasteiger partial charge in [0.1, 0.15) is 5.75 Å². The van der Waals surface area contributed by atoms with Gasteiger partial charge in [-0.2, -0.15) is 5.10 Å². The lowest BCUT2D eigenvalue weighted by Crippen LogP contribution is -2.25. The van der Waals surface area contributed by atoms with E-state index in [1.807, 2.05) is 24.3 Å². The van der Waals surface area contributed by atoms with E-state index < -0.39 is 11.2 Å². The zero-order valence-electron chi connectivity index (χ0n) is 10.3. The van der Waals surface area contributed by atoms with Crippen molar-refractivity contribution in [1.82, 2.24) is 15.2 Å². The van der Waals surface area contributed by atoms with Crippen LogP contribution in [0.4, 0.5) is 0 Å². The summed E-state index contributed by atoms with van der Waals surface area (Å²) in [5.74, 6) is 1.52. The summed E-state index contributed by atoms with van der Waals surface area (Å²) in [6.07, 6.45) is 0.801. The molecule has 1 aromatic carbocycles. The molecule has 0 radical (unpaired) electrons. The van der Waals surface area contributed by atoms with Crippen LogP contribution < -0.4 is 16.0 Å². The molecule has 7 heteroatoms. The van der Waals surface area contributed by atoms with Crippen molar-refractivity contribution in [2.24, 2.45) is 0 Å². The van der Waals surface area contributed by atoms with Gasteiger partial charge in [-0.15, -0.1) is 0 Å². The van der Waals surface area contributed by atoms with Crippen LogP contribution in [0.5, 0.6) is 5.75 Å². The van der Waals surface area contributed by atoms with Gasteiger partial charge >= 0.3 is 5.69 Å². The van der Waals surface area contributed by atoms with E-state index in [1.165, 1.54) is 11.8 Å². The first-order valence-corrected chi connectivity index (χ1v) is 6.62. The topological polar surface area (TPSA) is 87.8 Å². The van der Waals surface area contributed by atoms with Crippen molar-refractivity contribution in [1.29, 1.82) is 0 Å². The summed E-state index contributed by atoms with van der Waals surface area (Å²) in [6.45, 7) is 0. The third kappa shape index (κ3) is 3.72. The molecule has 2 rings (SSSR count). The number of aromatic nitrogens is 3. The van der Waals surface area contributed by atoms with Gasteiger partial charge in [0.05, 0.1) is 7.11 Å². The van der Waals surface area contributed by atoms with Crippen LogP contribution in [-0.4, -0.2) is 28.0 Å². The maximum absolute atomic E-state index is 11.4. The fraction of sp³-hybridized carbons (Fsp3) is 0.250. The molecule has 6 nitrogen and oxygen atoms in total. The number of nitrogens with one attached hydrogen (secondary N) is 2. The van der Waals surface area contributed by atoms with Gasteiger partial charge in [0, 0.05) is 5.75 Å². The van der Waals surface area contributed by atoms with Crippen LogP contribution in [0.15, 0.2) is 38.9 Å². The Bertz CT molecular complexity index is 648. The first-order valence-electron chi connectivity index (χ1n) is 5.64. The molecular weight excluding hydrogens is 266 g/mol. The Balaban J connectivity index is 1.92. The van der Waals surface area contributed by atoms with Crippen LogP contribution >= 0.6 is 11.8 Å². The Morgan fingerprint density at radius 3 is 2.63 bits per heavy atom. The average Bonchev–Trinajstić information content (AvgIpc) is 2.42. The fourth-order valence-electron chi connectivity index (χ4n) is 1.49. The molecule has 0 bridgehead atoms. The standard InChI is InChI=1S/C12H13N3O3S/c1-18-9-4-2-8(3-5-9)6-7-19-11-10(16)13-12(17)15-14-11/h2-5H,6-7H2,1H3,(H2,13,15,16,17). The molecule has 0 spiro atoms. The molecule has 19 heavy (non-hydrogen) atoms. The van der Waals surface area contributed by atoms with Gasteiger partial charge in [0.25, 0.3) is 5.56 Å². The molecule has 0 fully saturated rings. The Labute approximate surface area is 113 Å². The van der Waals surface area contributed by atoms with E-state index in [2.05, 4.69) is 15.2 Å². The van der Waals surface area contributed by atoms with Crippen LogP contribution in [0, 0.1) is 0 Å². The number of H-pyrrole nitrogens is 2. The Kier molecular flexibility index (Phi) is 4.40. The third-order valence-corrected chi connectivity index (χ3v) is 3.43. The van der Waals surface area contributed by atoms with E-state index in [9.17, 15) is 9.59 Å². The maximum atomic E-state index is 11.4. The van der Waals surface area contributed by atoms with Crippen LogP contribution in [0.3, 0.4) is 0 Å². The lowest BCUT2D eigenvalue weighted by atomic mass is 10.2. The Morgan fingerprint density at radius 2 is 2.00 bits per heavy atom. The third-order valence-electron chi connectivity index (χ3n) is 2.47. The summed E-state index contributed by atoms with van der Waals surface area (Å²) in [6, 6.07) is 7.74. The van der Waals surface area contributed by atoms with Crippen molar-refractivity contribution in [3.05, 3.63) is 50.7 Å². The van der Waals surface area contributed by atoms with E-state index in [4.69, 9.17) is 4.74 Å². The summed E-state index contributed by atoms with van der Waals surface area (Å²) in [4.78, 5) is 24.3. The minimum absolute atomic E-state index is 0.271. The second-order valence-electron chi connectivity index (χ2n) is 3.76. The summed E-state index contributed by atoms with van der Waals surface area (Å²) >= 11 is 1.30. The van der Waals surface area contributed by atoms with Crippen LogP contribution in [0.2, 0.25) is 0 Å². The molecule has 0 unspecified atom stereocenters. The van der Waals surface area contributed by atoms with E-state index in [-0.39, 0.29) is 5.03 Å². The first-order chi connectivity index (χ1) is 9.19. The lowest BCUT2D eigenvalue weighted by Gasteiger charge is -2.03. The molecule has 0 atom stereocenters. The fourth-order valence-corrected chi connectivity index (χ4v) is 2.32. The van der Waals surface area contributed by atoms with E-state index >= 15 is 0 Å². The Morgan fingerprint density at radius 1 is 1.26 bits per heavy atom. The van der Waals surface area contributed by atoms with Crippen LogP contribution in [0.25, 0.3) is 0 Å². The number of rotatable bonds is 5. The van der Waals surface area contributed by atoms with E-state index in [0.29, 0.717) is 5.75 Å². The molecule has 1 aromatic heterocycles. The molecule has 0 aliphatic heterocycles. The predicted octanol–water partition coefficient (Wildman–Crippen LogP) is 0.802. The minimum Gasteiger partial charge on any atom is -0.497 e. The van der Waals surface area contributed by atoms with Gasteiger partial charge in [-0.1, -0.05) is 23.9 Å². The molecule has 2 aromatic rings. The zero-order chi connectivity index (χ0) is 13.7. The number of aryl methyl sites for hydroxylation is 1. The number of methoxy groups -OCH3 is 1. The van der Waals surface area contributed by atoms with Gasteiger partial charge in [-0.05, 0) is 24.1 Å². The highest BCUT2D eigenvalue weighted by molar-refractivity contribution is 7.99. The maximum Gasteiger partial charge on any atom is 0.342 e. The van der Waals surface area contributed by atoms with E-state index in [0.717, 1.165) is 17.7 Å². The minimum atomic E-state index is -0.593. The highest BCUT2D eigenvalue weighted by atomic mass is 32.2. The molecule has 2 N–H and O–H groups in total. The largest absolute Gasteiger partial charge is 0.497 e. The molecule has 0 saturated carbocycles. The van der Waals surface area contributed by atoms with Crippen molar-refractivity contribution in [2.45, 2.75) is 11.4 Å². The van der Waals surface area contributed by atoms with Crippen molar-refractivity contribution in [2.75, 3.05) is 12.9 Å². The van der Waals surface area contributed by atoms with Crippen molar-refractivity contribution in [3.8, 4) is 5.75 Å². The smallest absolute Gasteiger partial charge is 0.342 e. The van der Waals surface area contributed by atoms with Crippen molar-refractivity contribution < 1.29 is 4.74 Å². The number of nitrogens with zero attached hydrogens (tertiary/aromatic N) is 1. The average molecular weight is 279 g/mol. The number of thioether (sulfide) groups is 1. The van der Waals surface area contributed by atoms with Gasteiger partial charge in [0.15, 0.2) is 5.03 Å². The Hall–Kier alpha value is -2.02.